The summed E-state index contributed by atoms with van der Waals surface area (Å²) in [5, 5.41) is 11.1. The lowest BCUT2D eigenvalue weighted by Gasteiger charge is -2.34. The number of hydrogen-bond acceptors (Lipinski definition) is 5. The van der Waals surface area contributed by atoms with Gasteiger partial charge in [0.05, 0.1) is 34.0 Å². The van der Waals surface area contributed by atoms with Crippen LogP contribution < -0.4 is 4.74 Å². The first-order valence-electron chi connectivity index (χ1n) is 8.43. The second kappa shape index (κ2) is 6.35. The highest BCUT2D eigenvalue weighted by Gasteiger charge is 2.47. The number of nitro groups is 1. The van der Waals surface area contributed by atoms with Crippen LogP contribution in [0.3, 0.4) is 0 Å². The Labute approximate surface area is 159 Å². The molecular weight excluding hydrogens is 372 g/mol. The Kier molecular flexibility index (Phi) is 4.11. The number of nitro benzene ring substituents is 1. The number of fused-ring (bicyclic) bond motifs is 1. The average Bonchev–Trinajstić information content (AvgIpc) is 3.04. The van der Waals surface area contributed by atoms with E-state index in [1.165, 1.54) is 23.1 Å². The molecule has 1 unspecified atom stereocenters. The number of nitrogens with zero attached hydrogens (tertiary/aromatic N) is 2. The number of hydrogen-bond donors (Lipinski definition) is 0. The van der Waals surface area contributed by atoms with Crippen LogP contribution >= 0.6 is 11.6 Å². The van der Waals surface area contributed by atoms with Crippen LogP contribution in [0.25, 0.3) is 0 Å². The summed E-state index contributed by atoms with van der Waals surface area (Å²) in [6.45, 7) is 0.609. The number of benzene rings is 2. The molecule has 8 heteroatoms. The molecule has 1 amide bonds. The molecule has 0 aromatic heterocycles. The Bertz CT molecular complexity index is 976. The van der Waals surface area contributed by atoms with Gasteiger partial charge < -0.3 is 9.64 Å². The lowest BCUT2D eigenvalue weighted by molar-refractivity contribution is -0.384. The second-order valence-electron chi connectivity index (χ2n) is 6.78. The first-order valence-corrected chi connectivity index (χ1v) is 8.81. The number of Topliss-reactive ketones (excluding diaryl/α,β-unsaturated/α-hetero) is 1. The van der Waals surface area contributed by atoms with E-state index in [4.69, 9.17) is 16.3 Å². The number of ketones is 1. The molecule has 1 fully saturated rings. The number of ether oxygens (including phenoxy) is 1. The van der Waals surface area contributed by atoms with Gasteiger partial charge in [0.1, 0.15) is 11.4 Å². The summed E-state index contributed by atoms with van der Waals surface area (Å²) in [4.78, 5) is 37.3. The van der Waals surface area contributed by atoms with Crippen LogP contribution in [0.5, 0.6) is 5.75 Å². The third kappa shape index (κ3) is 3.04. The van der Waals surface area contributed by atoms with E-state index >= 15 is 0 Å². The summed E-state index contributed by atoms with van der Waals surface area (Å²) in [6, 6.07) is 10.8. The maximum Gasteiger partial charge on any atom is 0.270 e. The third-order valence-electron chi connectivity index (χ3n) is 4.99. The third-order valence-corrected chi connectivity index (χ3v) is 5.32. The van der Waals surface area contributed by atoms with E-state index in [-0.39, 0.29) is 35.0 Å². The highest BCUT2D eigenvalue weighted by atomic mass is 35.5. The van der Waals surface area contributed by atoms with E-state index in [9.17, 15) is 19.7 Å². The summed E-state index contributed by atoms with van der Waals surface area (Å²) in [5.74, 6) is 0.103. The number of amides is 1. The molecule has 0 bridgehead atoms. The highest BCUT2D eigenvalue weighted by Crippen LogP contribution is 2.39. The fourth-order valence-electron chi connectivity index (χ4n) is 3.65. The molecule has 0 N–H and O–H groups in total. The molecule has 0 saturated carbocycles. The SMILES string of the molecule is O=C1CC2(CCN(C(=O)c3cc([N+](=O)[O-])ccc3Cl)C2)Oc2ccccc21. The smallest absolute Gasteiger partial charge is 0.270 e. The Morgan fingerprint density at radius 1 is 1.26 bits per heavy atom. The van der Waals surface area contributed by atoms with E-state index in [0.29, 0.717) is 24.3 Å². The van der Waals surface area contributed by atoms with E-state index in [0.717, 1.165) is 0 Å². The van der Waals surface area contributed by atoms with Gasteiger partial charge in [-0.1, -0.05) is 23.7 Å². The monoisotopic (exact) mass is 386 g/mol. The molecule has 2 aliphatic rings. The maximum atomic E-state index is 12.9. The summed E-state index contributed by atoms with van der Waals surface area (Å²) >= 11 is 6.09. The predicted molar refractivity (Wildman–Crippen MR) is 97.4 cm³/mol. The van der Waals surface area contributed by atoms with Gasteiger partial charge in [0.2, 0.25) is 0 Å². The molecule has 2 aliphatic heterocycles. The van der Waals surface area contributed by atoms with Crippen LogP contribution in [0.4, 0.5) is 5.69 Å². The summed E-state index contributed by atoms with van der Waals surface area (Å²) in [6.07, 6.45) is 0.696. The summed E-state index contributed by atoms with van der Waals surface area (Å²) in [5.41, 5.74) is -0.344. The number of likely N-dealkylation sites (tertiary alicyclic amines) is 1. The van der Waals surface area contributed by atoms with E-state index in [2.05, 4.69) is 0 Å². The van der Waals surface area contributed by atoms with Crippen molar-refractivity contribution in [3.05, 3.63) is 68.7 Å². The van der Waals surface area contributed by atoms with Crippen molar-refractivity contribution in [3.8, 4) is 5.75 Å². The Hall–Kier alpha value is -2.93. The topological polar surface area (TPSA) is 89.8 Å². The lowest BCUT2D eigenvalue weighted by atomic mass is 9.89. The minimum absolute atomic E-state index is 0.0143. The van der Waals surface area contributed by atoms with Gasteiger partial charge in [-0.2, -0.15) is 0 Å². The minimum atomic E-state index is -0.770. The number of non-ortho nitro benzene ring substituents is 1. The lowest BCUT2D eigenvalue weighted by Crippen LogP contribution is -2.45. The van der Waals surface area contributed by atoms with Crippen molar-refractivity contribution in [2.45, 2.75) is 18.4 Å². The Balaban J connectivity index is 1.59. The van der Waals surface area contributed by atoms with E-state index in [1.807, 2.05) is 0 Å². The van der Waals surface area contributed by atoms with Crippen LogP contribution in [0.1, 0.15) is 33.6 Å². The highest BCUT2D eigenvalue weighted by molar-refractivity contribution is 6.34. The first kappa shape index (κ1) is 17.5. The predicted octanol–water partition coefficient (Wildman–Crippen LogP) is 3.50. The van der Waals surface area contributed by atoms with E-state index in [1.54, 1.807) is 24.3 Å². The van der Waals surface area contributed by atoms with E-state index < -0.39 is 16.4 Å². The molecular formula is C19H15ClN2O5. The first-order chi connectivity index (χ1) is 12.9. The van der Waals surface area contributed by atoms with Crippen LogP contribution in [0.15, 0.2) is 42.5 Å². The number of halogens is 1. The van der Waals surface area contributed by atoms with Gasteiger partial charge in [-0.05, 0) is 18.2 Å². The fraction of sp³-hybridized carbons (Fsp3) is 0.263. The Morgan fingerprint density at radius 3 is 2.81 bits per heavy atom. The Morgan fingerprint density at radius 2 is 2.04 bits per heavy atom. The zero-order valence-electron chi connectivity index (χ0n) is 14.2. The summed E-state index contributed by atoms with van der Waals surface area (Å²) < 4.78 is 6.10. The van der Waals surface area contributed by atoms with Crippen LogP contribution in [-0.4, -0.2) is 40.2 Å². The van der Waals surface area contributed by atoms with Crippen molar-refractivity contribution in [1.82, 2.24) is 4.90 Å². The number of para-hydroxylation sites is 1. The second-order valence-corrected chi connectivity index (χ2v) is 7.19. The van der Waals surface area contributed by atoms with Gasteiger partial charge in [-0.3, -0.25) is 19.7 Å². The molecule has 1 spiro atoms. The van der Waals surface area contributed by atoms with Crippen LogP contribution in [0, 0.1) is 10.1 Å². The van der Waals surface area contributed by atoms with Crippen molar-refractivity contribution >= 4 is 29.0 Å². The van der Waals surface area contributed by atoms with Gasteiger partial charge >= 0.3 is 0 Å². The average molecular weight is 387 g/mol. The molecule has 2 heterocycles. The fourth-order valence-corrected chi connectivity index (χ4v) is 3.85. The molecule has 1 saturated heterocycles. The number of carbonyl (C=O) groups excluding carboxylic acids is 2. The number of carbonyl (C=O) groups is 2. The molecule has 27 heavy (non-hydrogen) atoms. The molecule has 4 rings (SSSR count). The van der Waals surface area contributed by atoms with Crippen molar-refractivity contribution < 1.29 is 19.2 Å². The molecule has 0 radical (unpaired) electrons. The van der Waals surface area contributed by atoms with Gasteiger partial charge in [0.15, 0.2) is 5.78 Å². The van der Waals surface area contributed by atoms with Crippen molar-refractivity contribution in [1.29, 1.82) is 0 Å². The zero-order chi connectivity index (χ0) is 19.2. The van der Waals surface area contributed by atoms with Crippen molar-refractivity contribution in [3.63, 3.8) is 0 Å². The maximum absolute atomic E-state index is 12.9. The zero-order valence-corrected chi connectivity index (χ0v) is 14.9. The largest absolute Gasteiger partial charge is 0.484 e. The molecule has 2 aromatic rings. The van der Waals surface area contributed by atoms with Crippen molar-refractivity contribution in [2.24, 2.45) is 0 Å². The molecule has 0 aliphatic carbocycles. The standard InChI is InChI=1S/C19H15ClN2O5/c20-15-6-5-12(22(25)26)9-14(15)18(24)21-8-7-19(11-21)10-16(23)13-3-1-2-4-17(13)27-19/h1-6,9H,7-8,10-11H2. The van der Waals surface area contributed by atoms with Gasteiger partial charge in [-0.25, -0.2) is 0 Å². The van der Waals surface area contributed by atoms with Crippen LogP contribution in [0.2, 0.25) is 5.02 Å². The van der Waals surface area contributed by atoms with Gasteiger partial charge in [0.25, 0.3) is 11.6 Å². The van der Waals surface area contributed by atoms with Gasteiger partial charge in [-0.15, -0.1) is 0 Å². The molecule has 7 nitrogen and oxygen atoms in total. The molecule has 2 aromatic carbocycles. The summed E-state index contributed by atoms with van der Waals surface area (Å²) in [7, 11) is 0. The molecule has 1 atom stereocenters. The quantitative estimate of drug-likeness (QED) is 0.582. The van der Waals surface area contributed by atoms with Gasteiger partial charge in [0, 0.05) is 25.1 Å². The van der Waals surface area contributed by atoms with Crippen molar-refractivity contribution in [2.75, 3.05) is 13.1 Å². The molecule has 138 valence electrons. The minimum Gasteiger partial charge on any atom is -0.484 e. The number of rotatable bonds is 2. The normalized spacial score (nSPS) is 21.1. The van der Waals surface area contributed by atoms with Crippen LogP contribution in [-0.2, 0) is 0 Å².